The first kappa shape index (κ1) is 20.7. The second-order valence-electron chi connectivity index (χ2n) is 5.70. The summed E-state index contributed by atoms with van der Waals surface area (Å²) in [5.74, 6) is 0.0357. The van der Waals surface area contributed by atoms with Crippen LogP contribution >= 0.6 is 39.9 Å². The number of carbonyl (C=O) groups is 1. The minimum atomic E-state index is 0. The monoisotopic (exact) mass is 423 g/mol. The number of hydrogen-bond donors (Lipinski definition) is 2. The Bertz CT molecular complexity index is 516. The smallest absolute Gasteiger partial charge is 0.221 e. The Labute approximate surface area is 157 Å². The van der Waals surface area contributed by atoms with Crippen molar-refractivity contribution in [3.8, 4) is 0 Å². The SMILES string of the molecule is Cl.NCCC(=O)NCC1CCCCN1Cc1cc(Br)ccc1Cl. The van der Waals surface area contributed by atoms with Crippen LogP contribution in [0.5, 0.6) is 0 Å². The molecule has 1 saturated heterocycles. The third-order valence-corrected chi connectivity index (χ3v) is 4.90. The summed E-state index contributed by atoms with van der Waals surface area (Å²) in [7, 11) is 0. The van der Waals surface area contributed by atoms with Crippen LogP contribution in [0.15, 0.2) is 22.7 Å². The van der Waals surface area contributed by atoms with Crippen molar-refractivity contribution in [2.24, 2.45) is 5.73 Å². The molecule has 1 heterocycles. The summed E-state index contributed by atoms with van der Waals surface area (Å²) in [6.07, 6.45) is 3.90. The first-order chi connectivity index (χ1) is 10.6. The van der Waals surface area contributed by atoms with E-state index in [1.54, 1.807) is 0 Å². The number of carbonyl (C=O) groups excluding carboxylic acids is 1. The van der Waals surface area contributed by atoms with Gasteiger partial charge < -0.3 is 11.1 Å². The molecule has 1 aromatic rings. The van der Waals surface area contributed by atoms with E-state index in [4.69, 9.17) is 17.3 Å². The Morgan fingerprint density at radius 1 is 1.43 bits per heavy atom. The highest BCUT2D eigenvalue weighted by Crippen LogP contribution is 2.25. The summed E-state index contributed by atoms with van der Waals surface area (Å²) in [5, 5.41) is 3.78. The molecule has 23 heavy (non-hydrogen) atoms. The van der Waals surface area contributed by atoms with Gasteiger partial charge in [-0.1, -0.05) is 34.0 Å². The maximum Gasteiger partial charge on any atom is 0.221 e. The molecule has 0 radical (unpaired) electrons. The quantitative estimate of drug-likeness (QED) is 0.736. The minimum Gasteiger partial charge on any atom is -0.354 e. The van der Waals surface area contributed by atoms with Gasteiger partial charge in [0.05, 0.1) is 0 Å². The normalized spacial score (nSPS) is 18.3. The van der Waals surface area contributed by atoms with Crippen molar-refractivity contribution in [1.29, 1.82) is 0 Å². The van der Waals surface area contributed by atoms with Gasteiger partial charge in [0.2, 0.25) is 5.91 Å². The fourth-order valence-corrected chi connectivity index (χ4v) is 3.42. The molecule has 2 rings (SSSR count). The number of halogens is 3. The molecule has 4 nitrogen and oxygen atoms in total. The van der Waals surface area contributed by atoms with Gasteiger partial charge in [0.15, 0.2) is 0 Å². The van der Waals surface area contributed by atoms with Crippen LogP contribution in [0, 0.1) is 0 Å². The molecule has 1 aliphatic rings. The lowest BCUT2D eigenvalue weighted by atomic mass is 10.0. The summed E-state index contributed by atoms with van der Waals surface area (Å²) in [5.41, 5.74) is 6.53. The molecule has 0 saturated carbocycles. The molecule has 1 fully saturated rings. The summed E-state index contributed by atoms with van der Waals surface area (Å²) < 4.78 is 1.04. The number of hydrogen-bond acceptors (Lipinski definition) is 3. The number of nitrogens with one attached hydrogen (secondary N) is 1. The van der Waals surface area contributed by atoms with Crippen LogP contribution in [0.25, 0.3) is 0 Å². The van der Waals surface area contributed by atoms with E-state index in [1.165, 1.54) is 12.8 Å². The number of amides is 1. The van der Waals surface area contributed by atoms with Crippen LogP contribution in [0.2, 0.25) is 5.02 Å². The predicted molar refractivity (Wildman–Crippen MR) is 101 cm³/mol. The van der Waals surface area contributed by atoms with Crippen molar-refractivity contribution in [3.63, 3.8) is 0 Å². The second-order valence-corrected chi connectivity index (χ2v) is 7.02. The molecule has 0 aliphatic carbocycles. The average molecular weight is 425 g/mol. The van der Waals surface area contributed by atoms with Crippen molar-refractivity contribution in [2.75, 3.05) is 19.6 Å². The molecule has 0 aromatic heterocycles. The fraction of sp³-hybridized carbons (Fsp3) is 0.562. The van der Waals surface area contributed by atoms with Crippen molar-refractivity contribution in [2.45, 2.75) is 38.3 Å². The van der Waals surface area contributed by atoms with Gasteiger partial charge in [0.1, 0.15) is 0 Å². The van der Waals surface area contributed by atoms with E-state index in [-0.39, 0.29) is 18.3 Å². The van der Waals surface area contributed by atoms with Gasteiger partial charge in [-0.25, -0.2) is 0 Å². The standard InChI is InChI=1S/C16H23BrClN3O.ClH/c17-13-4-5-15(18)12(9-13)11-21-8-2-1-3-14(21)10-20-16(22)6-7-19;/h4-5,9,14H,1-3,6-8,10-11,19H2,(H,20,22);1H. The van der Waals surface area contributed by atoms with Crippen LogP contribution in [-0.2, 0) is 11.3 Å². The van der Waals surface area contributed by atoms with Gasteiger partial charge in [0.25, 0.3) is 0 Å². The van der Waals surface area contributed by atoms with Crippen LogP contribution in [0.1, 0.15) is 31.2 Å². The van der Waals surface area contributed by atoms with Crippen molar-refractivity contribution >= 4 is 45.8 Å². The van der Waals surface area contributed by atoms with E-state index < -0.39 is 0 Å². The summed E-state index contributed by atoms with van der Waals surface area (Å²) in [6.45, 7) is 2.94. The molecule has 130 valence electrons. The molecule has 1 aromatic carbocycles. The Morgan fingerprint density at radius 3 is 2.96 bits per heavy atom. The lowest BCUT2D eigenvalue weighted by Crippen LogP contribution is -2.46. The van der Waals surface area contributed by atoms with Gasteiger partial charge in [-0.3, -0.25) is 9.69 Å². The average Bonchev–Trinajstić information content (AvgIpc) is 2.50. The highest BCUT2D eigenvalue weighted by atomic mass is 79.9. The van der Waals surface area contributed by atoms with E-state index >= 15 is 0 Å². The summed E-state index contributed by atoms with van der Waals surface area (Å²) >= 11 is 9.80. The number of rotatable bonds is 6. The number of benzene rings is 1. The fourth-order valence-electron chi connectivity index (χ4n) is 2.83. The van der Waals surface area contributed by atoms with Gasteiger partial charge in [-0.2, -0.15) is 0 Å². The minimum absolute atomic E-state index is 0. The zero-order chi connectivity index (χ0) is 15.9. The van der Waals surface area contributed by atoms with E-state index in [1.807, 2.05) is 12.1 Å². The maximum atomic E-state index is 11.6. The summed E-state index contributed by atoms with van der Waals surface area (Å²) in [4.78, 5) is 14.0. The first-order valence-corrected chi connectivity index (χ1v) is 8.92. The third kappa shape index (κ3) is 6.59. The topological polar surface area (TPSA) is 58.4 Å². The number of nitrogens with zero attached hydrogens (tertiary/aromatic N) is 1. The molecule has 1 amide bonds. The molecule has 0 bridgehead atoms. The molecule has 1 unspecified atom stereocenters. The zero-order valence-electron chi connectivity index (χ0n) is 13.1. The molecular formula is C16H24BrCl2N3O. The van der Waals surface area contributed by atoms with Gasteiger partial charge in [-0.05, 0) is 43.1 Å². The van der Waals surface area contributed by atoms with Gasteiger partial charge in [-0.15, -0.1) is 12.4 Å². The number of piperidine rings is 1. The largest absolute Gasteiger partial charge is 0.354 e. The predicted octanol–water partition coefficient (Wildman–Crippen LogP) is 3.34. The van der Waals surface area contributed by atoms with E-state index in [2.05, 4.69) is 32.2 Å². The zero-order valence-corrected chi connectivity index (χ0v) is 16.2. The number of nitrogens with two attached hydrogens (primary N) is 1. The Balaban J connectivity index is 0.00000264. The van der Waals surface area contributed by atoms with E-state index in [0.29, 0.717) is 25.6 Å². The molecule has 3 N–H and O–H groups in total. The molecular weight excluding hydrogens is 401 g/mol. The van der Waals surface area contributed by atoms with Crippen molar-refractivity contribution in [1.82, 2.24) is 10.2 Å². The molecule has 0 spiro atoms. The van der Waals surface area contributed by atoms with Gasteiger partial charge in [0, 0.05) is 41.6 Å². The molecule has 1 atom stereocenters. The third-order valence-electron chi connectivity index (χ3n) is 4.04. The highest BCUT2D eigenvalue weighted by molar-refractivity contribution is 9.10. The number of likely N-dealkylation sites (tertiary alicyclic amines) is 1. The lowest BCUT2D eigenvalue weighted by Gasteiger charge is -2.36. The second kappa shape index (κ2) is 10.5. The van der Waals surface area contributed by atoms with E-state index in [9.17, 15) is 4.79 Å². The summed E-state index contributed by atoms with van der Waals surface area (Å²) in [6, 6.07) is 6.31. The van der Waals surface area contributed by atoms with Gasteiger partial charge >= 0.3 is 0 Å². The Hall–Kier alpha value is -0.330. The molecule has 1 aliphatic heterocycles. The van der Waals surface area contributed by atoms with Crippen molar-refractivity contribution in [3.05, 3.63) is 33.3 Å². The van der Waals surface area contributed by atoms with Crippen LogP contribution in [-0.4, -0.2) is 36.5 Å². The van der Waals surface area contributed by atoms with Crippen LogP contribution in [0.4, 0.5) is 0 Å². The van der Waals surface area contributed by atoms with Crippen LogP contribution < -0.4 is 11.1 Å². The first-order valence-electron chi connectivity index (χ1n) is 7.75. The lowest BCUT2D eigenvalue weighted by molar-refractivity contribution is -0.121. The van der Waals surface area contributed by atoms with E-state index in [0.717, 1.165) is 34.6 Å². The Kier molecular flexibility index (Phi) is 9.47. The molecule has 7 heteroatoms. The highest BCUT2D eigenvalue weighted by Gasteiger charge is 2.23. The van der Waals surface area contributed by atoms with Crippen molar-refractivity contribution < 1.29 is 4.79 Å². The maximum absolute atomic E-state index is 11.6. The Morgan fingerprint density at radius 2 is 2.22 bits per heavy atom. The van der Waals surface area contributed by atoms with Crippen LogP contribution in [0.3, 0.4) is 0 Å².